The van der Waals surface area contributed by atoms with Gasteiger partial charge in [0.15, 0.2) is 11.5 Å². The maximum Gasteiger partial charge on any atom is 0.408 e. The van der Waals surface area contributed by atoms with E-state index in [4.69, 9.17) is 9.84 Å². The summed E-state index contributed by atoms with van der Waals surface area (Å²) in [4.78, 5) is 16.8. The quantitative estimate of drug-likeness (QED) is 0.331. The Morgan fingerprint density at radius 2 is 2.03 bits per heavy atom. The summed E-state index contributed by atoms with van der Waals surface area (Å²) in [6.07, 6.45) is -4.97. The van der Waals surface area contributed by atoms with E-state index in [-0.39, 0.29) is 37.5 Å². The van der Waals surface area contributed by atoms with Gasteiger partial charge in [-0.25, -0.2) is 9.78 Å². The highest BCUT2D eigenvalue weighted by molar-refractivity contribution is 5.87. The average molecular weight is 531 g/mol. The first-order valence-corrected chi connectivity index (χ1v) is 12.0. The van der Waals surface area contributed by atoms with Gasteiger partial charge in [0.25, 0.3) is 0 Å². The average Bonchev–Trinajstić information content (AvgIpc) is 3.48. The van der Waals surface area contributed by atoms with Crippen molar-refractivity contribution >= 4 is 22.6 Å². The van der Waals surface area contributed by atoms with Crippen LogP contribution in [0.25, 0.3) is 28.1 Å². The van der Waals surface area contributed by atoms with Crippen molar-refractivity contribution in [1.29, 1.82) is 0 Å². The number of alkyl halides is 3. The van der Waals surface area contributed by atoms with Gasteiger partial charge in [0.1, 0.15) is 24.1 Å². The van der Waals surface area contributed by atoms with Crippen LogP contribution in [0.5, 0.6) is 5.75 Å². The molecular formula is C25H25F3N6O4. The largest absolute Gasteiger partial charge is 0.490 e. The van der Waals surface area contributed by atoms with E-state index in [1.54, 1.807) is 25.1 Å². The summed E-state index contributed by atoms with van der Waals surface area (Å²) < 4.78 is 50.2. The number of aliphatic hydroxyl groups is 1. The minimum Gasteiger partial charge on any atom is -0.490 e. The van der Waals surface area contributed by atoms with Gasteiger partial charge >= 0.3 is 12.3 Å². The Labute approximate surface area is 214 Å². The van der Waals surface area contributed by atoms with Crippen LogP contribution >= 0.6 is 0 Å². The van der Waals surface area contributed by atoms with E-state index >= 15 is 0 Å². The molecule has 0 bridgehead atoms. The lowest BCUT2D eigenvalue weighted by molar-refractivity contribution is -0.184. The molecule has 1 aliphatic rings. The SMILES string of the molecule is CC(O)COc1cc(-c2nnc3ccc([C@@H](N4CCC(NC(=O)O)C4)C(F)(F)F)cn23)nc2ccccc12. The Morgan fingerprint density at radius 3 is 2.76 bits per heavy atom. The van der Waals surface area contributed by atoms with Crippen molar-refractivity contribution in [1.82, 2.24) is 29.8 Å². The fourth-order valence-corrected chi connectivity index (χ4v) is 4.75. The molecule has 10 nitrogen and oxygen atoms in total. The van der Waals surface area contributed by atoms with E-state index in [1.807, 2.05) is 12.1 Å². The normalized spacial score (nSPS) is 18.1. The first kappa shape index (κ1) is 25.7. The maximum absolute atomic E-state index is 14.3. The number of likely N-dealkylation sites (tertiary alicyclic amines) is 1. The molecule has 3 aromatic heterocycles. The summed E-state index contributed by atoms with van der Waals surface area (Å²) in [5.74, 6) is 0.670. The molecule has 3 atom stereocenters. The van der Waals surface area contributed by atoms with Gasteiger partial charge in [0, 0.05) is 36.8 Å². The number of nitrogens with zero attached hydrogens (tertiary/aromatic N) is 5. The van der Waals surface area contributed by atoms with Crippen LogP contribution in [0.3, 0.4) is 0 Å². The number of carbonyl (C=O) groups is 1. The second kappa shape index (κ2) is 10.1. The fraction of sp³-hybridized carbons (Fsp3) is 0.360. The van der Waals surface area contributed by atoms with Crippen molar-refractivity contribution in [3.63, 3.8) is 0 Å². The number of carboxylic acid groups (broad SMARTS) is 1. The number of amides is 1. The van der Waals surface area contributed by atoms with Crippen molar-refractivity contribution in [3.8, 4) is 17.3 Å². The van der Waals surface area contributed by atoms with Gasteiger partial charge in [0.05, 0.1) is 11.6 Å². The number of para-hydroxylation sites is 1. The third kappa shape index (κ3) is 5.20. The Kier molecular flexibility index (Phi) is 6.80. The lowest BCUT2D eigenvalue weighted by atomic mass is 10.1. The Morgan fingerprint density at radius 1 is 1.24 bits per heavy atom. The molecular weight excluding hydrogens is 505 g/mol. The van der Waals surface area contributed by atoms with Crippen molar-refractivity contribution in [3.05, 3.63) is 54.2 Å². The summed E-state index contributed by atoms with van der Waals surface area (Å²) >= 11 is 0. The van der Waals surface area contributed by atoms with Gasteiger partial charge in [-0.3, -0.25) is 9.30 Å². The highest BCUT2D eigenvalue weighted by atomic mass is 19.4. The van der Waals surface area contributed by atoms with Crippen LogP contribution in [-0.2, 0) is 0 Å². The topological polar surface area (TPSA) is 125 Å². The smallest absolute Gasteiger partial charge is 0.408 e. The molecule has 1 saturated heterocycles. The molecule has 0 saturated carbocycles. The molecule has 2 unspecified atom stereocenters. The van der Waals surface area contributed by atoms with Gasteiger partial charge in [-0.1, -0.05) is 18.2 Å². The molecule has 5 rings (SSSR count). The van der Waals surface area contributed by atoms with Crippen molar-refractivity contribution in [2.24, 2.45) is 0 Å². The van der Waals surface area contributed by atoms with Gasteiger partial charge in [-0.05, 0) is 37.1 Å². The number of pyridine rings is 2. The third-order valence-electron chi connectivity index (χ3n) is 6.35. The summed E-state index contributed by atoms with van der Waals surface area (Å²) in [6, 6.07) is 9.12. The van der Waals surface area contributed by atoms with Crippen LogP contribution < -0.4 is 10.1 Å². The molecule has 0 aliphatic carbocycles. The Bertz CT molecular complexity index is 1470. The van der Waals surface area contributed by atoms with Crippen LogP contribution in [0.1, 0.15) is 24.9 Å². The number of aromatic nitrogens is 4. The molecule has 4 heterocycles. The molecule has 200 valence electrons. The predicted octanol–water partition coefficient (Wildman–Crippen LogP) is 3.65. The second-order valence-electron chi connectivity index (χ2n) is 9.27. The van der Waals surface area contributed by atoms with E-state index < -0.39 is 30.5 Å². The molecule has 1 aromatic carbocycles. The minimum absolute atomic E-state index is 0.0339. The van der Waals surface area contributed by atoms with Gasteiger partial charge in [-0.2, -0.15) is 13.2 Å². The molecule has 1 amide bonds. The molecule has 4 aromatic rings. The first-order valence-electron chi connectivity index (χ1n) is 12.0. The highest BCUT2D eigenvalue weighted by Crippen LogP contribution is 2.40. The summed E-state index contributed by atoms with van der Waals surface area (Å²) in [7, 11) is 0. The molecule has 38 heavy (non-hydrogen) atoms. The van der Waals surface area contributed by atoms with Crippen molar-refractivity contribution in [2.75, 3.05) is 19.7 Å². The zero-order valence-corrected chi connectivity index (χ0v) is 20.3. The van der Waals surface area contributed by atoms with Crippen LogP contribution in [0.15, 0.2) is 48.7 Å². The number of rotatable bonds is 7. The third-order valence-corrected chi connectivity index (χ3v) is 6.35. The Hall–Kier alpha value is -3.97. The zero-order chi connectivity index (χ0) is 27.0. The number of halogens is 3. The van der Waals surface area contributed by atoms with E-state index in [0.717, 1.165) is 0 Å². The zero-order valence-electron chi connectivity index (χ0n) is 20.3. The lowest BCUT2D eigenvalue weighted by Crippen LogP contribution is -2.40. The monoisotopic (exact) mass is 530 g/mol. The lowest BCUT2D eigenvalue weighted by Gasteiger charge is -2.30. The van der Waals surface area contributed by atoms with Gasteiger partial charge < -0.3 is 20.3 Å². The molecule has 0 radical (unpaired) electrons. The molecule has 1 fully saturated rings. The van der Waals surface area contributed by atoms with Gasteiger partial charge in [-0.15, -0.1) is 10.2 Å². The van der Waals surface area contributed by atoms with E-state index in [2.05, 4.69) is 20.5 Å². The maximum atomic E-state index is 14.3. The number of hydrogen-bond donors (Lipinski definition) is 3. The Balaban J connectivity index is 1.56. The molecule has 0 spiro atoms. The summed E-state index contributed by atoms with van der Waals surface area (Å²) in [5.41, 5.74) is 1.22. The van der Waals surface area contributed by atoms with Crippen LogP contribution in [0, 0.1) is 0 Å². The number of ether oxygens (including phenoxy) is 1. The highest BCUT2D eigenvalue weighted by Gasteiger charge is 2.47. The van der Waals surface area contributed by atoms with Crippen molar-refractivity contribution < 1.29 is 32.9 Å². The number of aliphatic hydroxyl groups excluding tert-OH is 1. The molecule has 3 N–H and O–H groups in total. The standard InChI is InChI=1S/C25H25F3N6O4/c1-14(35)13-38-20-10-19(30-18-5-3-2-4-17(18)20)23-32-31-21-7-6-15(11-34(21)23)22(25(26,27)28)33-9-8-16(12-33)29-24(36)37/h2-7,10-11,14,16,22,29,35H,8-9,12-13H2,1H3,(H,36,37)/t14?,16?,22-/m1/s1. The van der Waals surface area contributed by atoms with Gasteiger partial charge in [0.2, 0.25) is 0 Å². The number of fused-ring (bicyclic) bond motifs is 2. The number of benzene rings is 1. The van der Waals surface area contributed by atoms with Crippen LogP contribution in [-0.4, -0.2) is 78.8 Å². The predicted molar refractivity (Wildman–Crippen MR) is 131 cm³/mol. The van der Waals surface area contributed by atoms with Crippen LogP contribution in [0.4, 0.5) is 18.0 Å². The summed E-state index contributed by atoms with van der Waals surface area (Å²) in [5, 5.41) is 29.9. The molecule has 1 aliphatic heterocycles. The first-order chi connectivity index (χ1) is 18.1. The number of nitrogens with one attached hydrogen (secondary N) is 1. The fourth-order valence-electron chi connectivity index (χ4n) is 4.75. The second-order valence-corrected chi connectivity index (χ2v) is 9.27. The minimum atomic E-state index is -4.61. The summed E-state index contributed by atoms with van der Waals surface area (Å²) in [6.45, 7) is 1.65. The van der Waals surface area contributed by atoms with E-state index in [1.165, 1.54) is 27.6 Å². The van der Waals surface area contributed by atoms with E-state index in [0.29, 0.717) is 28.0 Å². The van der Waals surface area contributed by atoms with Crippen molar-refractivity contribution in [2.45, 2.75) is 37.7 Å². The van der Waals surface area contributed by atoms with Crippen LogP contribution in [0.2, 0.25) is 0 Å². The number of hydrogen-bond acceptors (Lipinski definition) is 7. The molecule has 13 heteroatoms. The van der Waals surface area contributed by atoms with E-state index in [9.17, 15) is 23.1 Å².